The summed E-state index contributed by atoms with van der Waals surface area (Å²) in [7, 11) is 0. The second-order valence-corrected chi connectivity index (χ2v) is 4.96. The molecule has 1 aliphatic rings. The highest BCUT2D eigenvalue weighted by atomic mass is 79.9. The number of carbonyl (C=O) groups excluding carboxylic acids is 1. The van der Waals surface area contributed by atoms with E-state index in [1.165, 1.54) is 0 Å². The van der Waals surface area contributed by atoms with E-state index in [0.717, 1.165) is 4.47 Å². The summed E-state index contributed by atoms with van der Waals surface area (Å²) in [4.78, 5) is 20.2. The van der Waals surface area contributed by atoms with Gasteiger partial charge in [-0.2, -0.15) is 0 Å². The van der Waals surface area contributed by atoms with E-state index in [1.807, 2.05) is 0 Å². The summed E-state index contributed by atoms with van der Waals surface area (Å²) in [5, 5.41) is 3.50. The summed E-state index contributed by atoms with van der Waals surface area (Å²) in [5.74, 6) is 0.322. The Labute approximate surface area is 112 Å². The zero-order chi connectivity index (χ0) is 13.1. The fourth-order valence-corrected chi connectivity index (χ4v) is 2.26. The van der Waals surface area contributed by atoms with Crippen molar-refractivity contribution < 1.29 is 4.79 Å². The summed E-state index contributed by atoms with van der Waals surface area (Å²) in [6, 6.07) is 1.76. The van der Waals surface area contributed by atoms with E-state index in [-0.39, 0.29) is 11.8 Å². The summed E-state index contributed by atoms with van der Waals surface area (Å²) in [5.41, 5.74) is 14.6. The average molecular weight is 311 g/mol. The van der Waals surface area contributed by atoms with Crippen molar-refractivity contribution in [1.29, 1.82) is 0 Å². The van der Waals surface area contributed by atoms with Crippen molar-refractivity contribution in [2.75, 3.05) is 23.7 Å². The first-order valence-corrected chi connectivity index (χ1v) is 6.13. The van der Waals surface area contributed by atoms with Gasteiger partial charge >= 0.3 is 0 Å². The molecule has 7 nitrogen and oxygen atoms in total. The van der Waals surface area contributed by atoms with Crippen LogP contribution in [0.2, 0.25) is 0 Å². The predicted octanol–water partition coefficient (Wildman–Crippen LogP) is 2.09. The number of aromatic nitrogens is 1. The molecule has 1 unspecified atom stereocenters. The molecule has 0 aromatic carbocycles. The molecule has 0 aliphatic carbocycles. The second-order valence-electron chi connectivity index (χ2n) is 4.05. The van der Waals surface area contributed by atoms with Gasteiger partial charge in [-0.1, -0.05) is 5.11 Å². The van der Waals surface area contributed by atoms with Gasteiger partial charge in [0, 0.05) is 35.1 Å². The van der Waals surface area contributed by atoms with Crippen LogP contribution in [0.5, 0.6) is 0 Å². The minimum atomic E-state index is -0.0280. The fourth-order valence-electron chi connectivity index (χ4n) is 1.94. The molecule has 1 amide bonds. The van der Waals surface area contributed by atoms with E-state index in [1.54, 1.807) is 17.2 Å². The largest absolute Gasteiger partial charge is 0.382 e. The minimum absolute atomic E-state index is 0.0280. The number of azide groups is 1. The van der Waals surface area contributed by atoms with Crippen molar-refractivity contribution in [3.8, 4) is 0 Å². The molecule has 1 aromatic heterocycles. The maximum absolute atomic E-state index is 11.9. The van der Waals surface area contributed by atoms with E-state index in [0.29, 0.717) is 31.0 Å². The van der Waals surface area contributed by atoms with Crippen LogP contribution < -0.4 is 10.6 Å². The lowest BCUT2D eigenvalue weighted by Gasteiger charge is -2.18. The Bertz CT molecular complexity index is 527. The maximum atomic E-state index is 11.9. The molecule has 18 heavy (non-hydrogen) atoms. The van der Waals surface area contributed by atoms with Gasteiger partial charge in [-0.15, -0.1) is 0 Å². The van der Waals surface area contributed by atoms with Crippen molar-refractivity contribution in [3.05, 3.63) is 27.2 Å². The Morgan fingerprint density at radius 1 is 1.72 bits per heavy atom. The Balaban J connectivity index is 2.21. The zero-order valence-corrected chi connectivity index (χ0v) is 11.0. The number of rotatable bonds is 3. The fraction of sp³-hybridized carbons (Fsp3) is 0.400. The van der Waals surface area contributed by atoms with Crippen molar-refractivity contribution >= 4 is 33.3 Å². The van der Waals surface area contributed by atoms with E-state index < -0.39 is 0 Å². The van der Waals surface area contributed by atoms with Crippen LogP contribution in [-0.2, 0) is 4.79 Å². The third-order valence-electron chi connectivity index (χ3n) is 2.76. The van der Waals surface area contributed by atoms with Crippen LogP contribution in [0.3, 0.4) is 0 Å². The van der Waals surface area contributed by atoms with Crippen molar-refractivity contribution in [2.45, 2.75) is 6.42 Å². The number of hydrogen-bond acceptors (Lipinski definition) is 4. The van der Waals surface area contributed by atoms with E-state index in [9.17, 15) is 4.79 Å². The van der Waals surface area contributed by atoms with Gasteiger partial charge in [-0.05, 0) is 33.4 Å². The van der Waals surface area contributed by atoms with Crippen LogP contribution in [-0.4, -0.2) is 24.0 Å². The highest BCUT2D eigenvalue weighted by Crippen LogP contribution is 2.30. The van der Waals surface area contributed by atoms with Crippen LogP contribution in [0, 0.1) is 5.92 Å². The lowest BCUT2D eigenvalue weighted by molar-refractivity contribution is -0.117. The number of halogens is 1. The topological polar surface area (TPSA) is 108 Å². The van der Waals surface area contributed by atoms with Crippen molar-refractivity contribution in [1.82, 2.24) is 4.98 Å². The monoisotopic (exact) mass is 310 g/mol. The molecule has 1 atom stereocenters. The molecule has 94 valence electrons. The normalized spacial score (nSPS) is 18.8. The third kappa shape index (κ3) is 2.55. The van der Waals surface area contributed by atoms with Crippen LogP contribution in [0.1, 0.15) is 6.42 Å². The molecule has 2 rings (SSSR count). The Hall–Kier alpha value is -1.79. The second kappa shape index (κ2) is 5.24. The highest BCUT2D eigenvalue weighted by Gasteiger charge is 2.31. The first-order chi connectivity index (χ1) is 8.61. The number of nitrogen functional groups attached to an aromatic ring is 1. The Morgan fingerprint density at radius 3 is 3.22 bits per heavy atom. The van der Waals surface area contributed by atoms with Gasteiger partial charge in [-0.3, -0.25) is 4.79 Å². The van der Waals surface area contributed by atoms with Gasteiger partial charge in [0.2, 0.25) is 5.91 Å². The number of hydrogen-bond donors (Lipinski definition) is 1. The standard InChI is InChI=1S/C10H11BrN6O/c11-7-2-8(10(12)14-4-7)17-5-6(1-9(17)18)3-15-16-13/h2,4,6H,1,3,5H2,(H2,12,14). The van der Waals surface area contributed by atoms with E-state index in [2.05, 4.69) is 30.9 Å². The van der Waals surface area contributed by atoms with Gasteiger partial charge in [0.05, 0.1) is 5.69 Å². The minimum Gasteiger partial charge on any atom is -0.382 e. The molecule has 0 saturated carbocycles. The maximum Gasteiger partial charge on any atom is 0.227 e. The summed E-state index contributed by atoms with van der Waals surface area (Å²) >= 11 is 3.30. The van der Waals surface area contributed by atoms with Crippen LogP contribution in [0.25, 0.3) is 10.4 Å². The number of amides is 1. The Kier molecular flexibility index (Phi) is 3.69. The molecule has 2 heterocycles. The van der Waals surface area contributed by atoms with Gasteiger partial charge < -0.3 is 10.6 Å². The molecule has 0 bridgehead atoms. The first kappa shape index (κ1) is 12.7. The van der Waals surface area contributed by atoms with Crippen LogP contribution in [0.15, 0.2) is 21.9 Å². The van der Waals surface area contributed by atoms with Gasteiger partial charge in [0.25, 0.3) is 0 Å². The molecule has 1 fully saturated rings. The van der Waals surface area contributed by atoms with Crippen molar-refractivity contribution in [2.24, 2.45) is 11.0 Å². The third-order valence-corrected chi connectivity index (χ3v) is 3.20. The summed E-state index contributed by atoms with van der Waals surface area (Å²) in [6.07, 6.45) is 1.95. The number of pyridine rings is 1. The van der Waals surface area contributed by atoms with Gasteiger partial charge in [-0.25, -0.2) is 4.98 Å². The first-order valence-electron chi connectivity index (χ1n) is 5.34. The zero-order valence-electron chi connectivity index (χ0n) is 9.45. The molecule has 2 N–H and O–H groups in total. The quantitative estimate of drug-likeness (QED) is 0.524. The average Bonchev–Trinajstić information content (AvgIpc) is 2.71. The van der Waals surface area contributed by atoms with Crippen molar-refractivity contribution in [3.63, 3.8) is 0 Å². The molecule has 1 saturated heterocycles. The SMILES string of the molecule is [N-]=[N+]=NCC1CC(=O)N(c2cc(Br)cnc2N)C1. The molecule has 0 spiro atoms. The van der Waals surface area contributed by atoms with Crippen LogP contribution in [0.4, 0.5) is 11.5 Å². The van der Waals surface area contributed by atoms with Gasteiger partial charge in [0.1, 0.15) is 5.82 Å². The molecule has 0 radical (unpaired) electrons. The molecule has 1 aliphatic heterocycles. The van der Waals surface area contributed by atoms with E-state index in [4.69, 9.17) is 11.3 Å². The molecular weight excluding hydrogens is 300 g/mol. The number of nitrogens with zero attached hydrogens (tertiary/aromatic N) is 5. The lowest BCUT2D eigenvalue weighted by Crippen LogP contribution is -2.26. The van der Waals surface area contributed by atoms with Gasteiger partial charge in [0.15, 0.2) is 0 Å². The number of carbonyl (C=O) groups is 1. The molecule has 1 aromatic rings. The smallest absolute Gasteiger partial charge is 0.227 e. The Morgan fingerprint density at radius 2 is 2.50 bits per heavy atom. The summed E-state index contributed by atoms with van der Waals surface area (Å²) in [6.45, 7) is 0.820. The lowest BCUT2D eigenvalue weighted by atomic mass is 10.1. The van der Waals surface area contributed by atoms with E-state index >= 15 is 0 Å². The molecular formula is C10H11BrN6O. The predicted molar refractivity (Wildman–Crippen MR) is 70.8 cm³/mol. The highest BCUT2D eigenvalue weighted by molar-refractivity contribution is 9.10. The summed E-state index contributed by atoms with van der Waals surface area (Å²) < 4.78 is 0.762. The molecule has 8 heteroatoms. The van der Waals surface area contributed by atoms with Crippen LogP contribution >= 0.6 is 15.9 Å². The number of nitrogens with two attached hydrogens (primary N) is 1. The number of anilines is 2.